The lowest BCUT2D eigenvalue weighted by molar-refractivity contribution is 0.186. The van der Waals surface area contributed by atoms with Gasteiger partial charge in [0.15, 0.2) is 0 Å². The molecule has 1 aliphatic rings. The van der Waals surface area contributed by atoms with E-state index in [4.69, 9.17) is 4.42 Å². The third kappa shape index (κ3) is 3.25. The molecule has 5 nitrogen and oxygen atoms in total. The van der Waals surface area contributed by atoms with Crippen molar-refractivity contribution in [1.29, 1.82) is 0 Å². The SMILES string of the molecule is Cc1ncsc1-c1nnc(C2CCCN(Cc3ccccc3)C2)o1. The van der Waals surface area contributed by atoms with E-state index in [1.807, 2.05) is 12.4 Å². The van der Waals surface area contributed by atoms with Crippen molar-refractivity contribution in [2.75, 3.05) is 13.1 Å². The Morgan fingerprint density at radius 3 is 2.92 bits per heavy atom. The predicted molar refractivity (Wildman–Crippen MR) is 93.8 cm³/mol. The highest BCUT2D eigenvalue weighted by molar-refractivity contribution is 7.13. The van der Waals surface area contributed by atoms with E-state index >= 15 is 0 Å². The Hall–Kier alpha value is -2.05. The van der Waals surface area contributed by atoms with Crippen LogP contribution in [0.1, 0.15) is 35.9 Å². The van der Waals surface area contributed by atoms with Crippen LogP contribution in [0.5, 0.6) is 0 Å². The Kier molecular flexibility index (Phi) is 4.40. The van der Waals surface area contributed by atoms with Crippen molar-refractivity contribution < 1.29 is 4.42 Å². The summed E-state index contributed by atoms with van der Waals surface area (Å²) < 4.78 is 5.97. The molecule has 0 N–H and O–H groups in total. The number of hydrogen-bond acceptors (Lipinski definition) is 6. The van der Waals surface area contributed by atoms with Crippen LogP contribution >= 0.6 is 11.3 Å². The highest BCUT2D eigenvalue weighted by atomic mass is 32.1. The van der Waals surface area contributed by atoms with Crippen LogP contribution in [0.25, 0.3) is 10.8 Å². The maximum atomic E-state index is 5.97. The van der Waals surface area contributed by atoms with Crippen LogP contribution in [0.4, 0.5) is 0 Å². The summed E-state index contributed by atoms with van der Waals surface area (Å²) in [5, 5.41) is 8.55. The Labute approximate surface area is 145 Å². The molecule has 0 saturated carbocycles. The van der Waals surface area contributed by atoms with E-state index in [1.54, 1.807) is 11.3 Å². The summed E-state index contributed by atoms with van der Waals surface area (Å²) in [4.78, 5) is 7.71. The number of nitrogens with zero attached hydrogens (tertiary/aromatic N) is 4. The first-order valence-electron chi connectivity index (χ1n) is 8.30. The van der Waals surface area contributed by atoms with Gasteiger partial charge < -0.3 is 4.42 Å². The lowest BCUT2D eigenvalue weighted by atomic mass is 9.97. The van der Waals surface area contributed by atoms with Crippen molar-refractivity contribution in [1.82, 2.24) is 20.1 Å². The van der Waals surface area contributed by atoms with E-state index < -0.39 is 0 Å². The van der Waals surface area contributed by atoms with Crippen molar-refractivity contribution in [3.8, 4) is 10.8 Å². The molecule has 3 heterocycles. The maximum Gasteiger partial charge on any atom is 0.259 e. The van der Waals surface area contributed by atoms with E-state index in [0.717, 1.165) is 48.9 Å². The summed E-state index contributed by atoms with van der Waals surface area (Å²) in [6.45, 7) is 5.04. The number of likely N-dealkylation sites (tertiary alicyclic amines) is 1. The lowest BCUT2D eigenvalue weighted by Crippen LogP contribution is -2.34. The van der Waals surface area contributed by atoms with Crippen LogP contribution in [0.2, 0.25) is 0 Å². The zero-order valence-corrected chi connectivity index (χ0v) is 14.5. The number of piperidine rings is 1. The molecular formula is C18H20N4OS. The molecule has 1 aromatic carbocycles. The van der Waals surface area contributed by atoms with Crippen LogP contribution in [-0.4, -0.2) is 33.2 Å². The van der Waals surface area contributed by atoms with Crippen LogP contribution in [0, 0.1) is 6.92 Å². The van der Waals surface area contributed by atoms with Gasteiger partial charge in [-0.1, -0.05) is 30.3 Å². The number of aryl methyl sites for hydroxylation is 1. The third-order valence-electron chi connectivity index (χ3n) is 4.48. The Balaban J connectivity index is 1.46. The van der Waals surface area contributed by atoms with Crippen molar-refractivity contribution in [2.24, 2.45) is 0 Å². The smallest absolute Gasteiger partial charge is 0.259 e. The minimum Gasteiger partial charge on any atom is -0.419 e. The van der Waals surface area contributed by atoms with Gasteiger partial charge in [0.2, 0.25) is 5.89 Å². The molecule has 6 heteroatoms. The van der Waals surface area contributed by atoms with Gasteiger partial charge in [-0.15, -0.1) is 21.5 Å². The van der Waals surface area contributed by atoms with Gasteiger partial charge in [-0.25, -0.2) is 4.98 Å². The standard InChI is InChI=1S/C18H20N4OS/c1-13-16(24-12-19-13)18-21-20-17(23-18)15-8-5-9-22(11-15)10-14-6-3-2-4-7-14/h2-4,6-7,12,15H,5,8-11H2,1H3. The van der Waals surface area contributed by atoms with Crippen LogP contribution in [0.3, 0.4) is 0 Å². The number of hydrogen-bond donors (Lipinski definition) is 0. The van der Waals surface area contributed by atoms with Crippen molar-refractivity contribution >= 4 is 11.3 Å². The molecule has 2 aromatic heterocycles. The maximum absolute atomic E-state index is 5.97. The van der Waals surface area contributed by atoms with Gasteiger partial charge in [-0.2, -0.15) is 0 Å². The normalized spacial score (nSPS) is 18.8. The molecule has 1 atom stereocenters. The van der Waals surface area contributed by atoms with Crippen molar-refractivity contribution in [3.05, 3.63) is 53.0 Å². The summed E-state index contributed by atoms with van der Waals surface area (Å²) in [6.07, 6.45) is 2.27. The number of rotatable bonds is 4. The molecule has 0 bridgehead atoms. The molecule has 124 valence electrons. The molecule has 1 saturated heterocycles. The molecular weight excluding hydrogens is 320 g/mol. The van der Waals surface area contributed by atoms with E-state index in [1.165, 1.54) is 5.56 Å². The fraction of sp³-hybridized carbons (Fsp3) is 0.389. The molecule has 4 rings (SSSR count). The molecule has 1 fully saturated rings. The minimum absolute atomic E-state index is 0.317. The van der Waals surface area contributed by atoms with Gasteiger partial charge in [0.1, 0.15) is 4.88 Å². The molecule has 0 radical (unpaired) electrons. The molecule has 1 unspecified atom stereocenters. The average Bonchev–Trinajstić information content (AvgIpc) is 3.25. The number of aromatic nitrogens is 3. The Morgan fingerprint density at radius 1 is 1.25 bits per heavy atom. The van der Waals surface area contributed by atoms with Gasteiger partial charge in [0.25, 0.3) is 5.89 Å². The second-order valence-corrected chi connectivity index (χ2v) is 7.13. The minimum atomic E-state index is 0.317. The van der Waals surface area contributed by atoms with Crippen LogP contribution < -0.4 is 0 Å². The first-order chi connectivity index (χ1) is 11.8. The van der Waals surface area contributed by atoms with E-state index in [9.17, 15) is 0 Å². The summed E-state index contributed by atoms with van der Waals surface area (Å²) in [5.74, 6) is 1.68. The van der Waals surface area contributed by atoms with E-state index in [0.29, 0.717) is 11.8 Å². The van der Waals surface area contributed by atoms with Gasteiger partial charge in [0.05, 0.1) is 17.1 Å². The Bertz CT molecular complexity index is 798. The molecule has 0 spiro atoms. The van der Waals surface area contributed by atoms with Gasteiger partial charge in [0, 0.05) is 13.1 Å². The second kappa shape index (κ2) is 6.83. The average molecular weight is 340 g/mol. The molecule has 0 amide bonds. The molecule has 3 aromatic rings. The molecule has 24 heavy (non-hydrogen) atoms. The van der Waals surface area contributed by atoms with Crippen LogP contribution in [-0.2, 0) is 6.54 Å². The Morgan fingerprint density at radius 2 is 2.12 bits per heavy atom. The van der Waals surface area contributed by atoms with Crippen LogP contribution in [0.15, 0.2) is 40.3 Å². The molecule has 1 aliphatic heterocycles. The number of thiazole rings is 1. The third-order valence-corrected chi connectivity index (χ3v) is 5.40. The molecule has 0 aliphatic carbocycles. The monoisotopic (exact) mass is 340 g/mol. The van der Waals surface area contributed by atoms with Gasteiger partial charge >= 0.3 is 0 Å². The largest absolute Gasteiger partial charge is 0.419 e. The summed E-state index contributed by atoms with van der Waals surface area (Å²) in [6, 6.07) is 10.6. The fourth-order valence-electron chi connectivity index (χ4n) is 3.24. The van der Waals surface area contributed by atoms with Crippen molar-refractivity contribution in [3.63, 3.8) is 0 Å². The summed E-state index contributed by atoms with van der Waals surface area (Å²) >= 11 is 1.55. The first kappa shape index (κ1) is 15.5. The highest BCUT2D eigenvalue weighted by Gasteiger charge is 2.26. The van der Waals surface area contributed by atoms with Crippen molar-refractivity contribution in [2.45, 2.75) is 32.2 Å². The van der Waals surface area contributed by atoms with Gasteiger partial charge in [-0.3, -0.25) is 4.90 Å². The zero-order valence-electron chi connectivity index (χ0n) is 13.7. The predicted octanol–water partition coefficient (Wildman–Crippen LogP) is 3.88. The van der Waals surface area contributed by atoms with E-state index in [-0.39, 0.29) is 0 Å². The summed E-state index contributed by atoms with van der Waals surface area (Å²) in [5.41, 5.74) is 4.12. The second-order valence-electron chi connectivity index (χ2n) is 6.27. The van der Waals surface area contributed by atoms with E-state index in [2.05, 4.69) is 50.4 Å². The number of benzene rings is 1. The first-order valence-corrected chi connectivity index (χ1v) is 9.17. The zero-order chi connectivity index (χ0) is 16.4. The summed E-state index contributed by atoms with van der Waals surface area (Å²) in [7, 11) is 0. The highest BCUT2D eigenvalue weighted by Crippen LogP contribution is 2.31. The lowest BCUT2D eigenvalue weighted by Gasteiger charge is -2.31. The fourth-order valence-corrected chi connectivity index (χ4v) is 3.96. The quantitative estimate of drug-likeness (QED) is 0.721. The topological polar surface area (TPSA) is 55.1 Å². The van der Waals surface area contributed by atoms with Gasteiger partial charge in [-0.05, 0) is 31.9 Å².